The van der Waals surface area contributed by atoms with Crippen LogP contribution in [0, 0.1) is 23.7 Å². The smallest absolute Gasteiger partial charge is 0.226 e. The molecule has 4 fully saturated rings. The number of nitrogens with one attached hydrogen (secondary N) is 1. The van der Waals surface area contributed by atoms with Gasteiger partial charge in [-0.05, 0) is 80.5 Å². The topological polar surface area (TPSA) is 46.2 Å². The normalized spacial score (nSPS) is 32.0. The average Bonchev–Trinajstić information content (AvgIpc) is 2.59. The first-order valence-electron chi connectivity index (χ1n) is 10.0. The van der Waals surface area contributed by atoms with Gasteiger partial charge in [-0.25, -0.2) is 0 Å². The third-order valence-electron chi connectivity index (χ3n) is 6.49. The van der Waals surface area contributed by atoms with Crippen molar-refractivity contribution in [2.45, 2.75) is 57.1 Å². The molecule has 4 heteroatoms. The first-order chi connectivity index (χ1) is 12.4. The van der Waals surface area contributed by atoms with E-state index in [0.717, 1.165) is 29.0 Å². The van der Waals surface area contributed by atoms with Crippen LogP contribution in [0.5, 0.6) is 0 Å². The SMILES string of the molecule is CC(C)C(=O)Nc1ccc(C(=O)CSC23CC4CC(CC(C4)C2)C3)cc1. The Kier molecular flexibility index (Phi) is 4.89. The van der Waals surface area contributed by atoms with Gasteiger partial charge in [0.2, 0.25) is 5.91 Å². The third-order valence-corrected chi connectivity index (χ3v) is 8.01. The van der Waals surface area contributed by atoms with E-state index in [0.29, 0.717) is 10.5 Å². The van der Waals surface area contributed by atoms with Gasteiger partial charge in [0.05, 0.1) is 5.75 Å². The van der Waals surface area contributed by atoms with Gasteiger partial charge in [-0.2, -0.15) is 0 Å². The summed E-state index contributed by atoms with van der Waals surface area (Å²) in [7, 11) is 0. The molecule has 4 bridgehead atoms. The summed E-state index contributed by atoms with van der Waals surface area (Å²) in [6.45, 7) is 3.74. The third kappa shape index (κ3) is 3.71. The van der Waals surface area contributed by atoms with Gasteiger partial charge >= 0.3 is 0 Å². The molecule has 0 aliphatic heterocycles. The Hall–Kier alpha value is -1.29. The maximum atomic E-state index is 12.7. The van der Waals surface area contributed by atoms with E-state index < -0.39 is 0 Å². The molecule has 1 N–H and O–H groups in total. The van der Waals surface area contributed by atoms with Crippen LogP contribution in [-0.4, -0.2) is 22.2 Å². The Bertz CT molecular complexity index is 659. The molecule has 4 saturated carbocycles. The van der Waals surface area contributed by atoms with Crippen LogP contribution in [0.25, 0.3) is 0 Å². The quantitative estimate of drug-likeness (QED) is 0.702. The maximum Gasteiger partial charge on any atom is 0.226 e. The molecule has 5 rings (SSSR count). The highest BCUT2D eigenvalue weighted by Crippen LogP contribution is 2.60. The lowest BCUT2D eigenvalue weighted by molar-refractivity contribution is -0.118. The van der Waals surface area contributed by atoms with Crippen molar-refractivity contribution in [2.24, 2.45) is 23.7 Å². The first kappa shape index (κ1) is 18.1. The number of rotatable bonds is 6. The van der Waals surface area contributed by atoms with E-state index in [2.05, 4.69) is 5.32 Å². The fourth-order valence-corrected chi connectivity index (χ4v) is 7.20. The summed E-state index contributed by atoms with van der Waals surface area (Å²) >= 11 is 1.94. The molecule has 3 nitrogen and oxygen atoms in total. The van der Waals surface area contributed by atoms with Crippen molar-refractivity contribution >= 4 is 29.1 Å². The zero-order valence-electron chi connectivity index (χ0n) is 15.8. The molecule has 0 heterocycles. The fraction of sp³-hybridized carbons (Fsp3) is 0.636. The van der Waals surface area contributed by atoms with Crippen LogP contribution in [0.15, 0.2) is 24.3 Å². The summed E-state index contributed by atoms with van der Waals surface area (Å²) in [5, 5.41) is 2.87. The van der Waals surface area contributed by atoms with E-state index in [-0.39, 0.29) is 17.6 Å². The van der Waals surface area contributed by atoms with Crippen molar-refractivity contribution in [1.29, 1.82) is 0 Å². The Morgan fingerprint density at radius 1 is 1.04 bits per heavy atom. The van der Waals surface area contributed by atoms with Crippen LogP contribution in [0.4, 0.5) is 5.69 Å². The molecule has 1 amide bonds. The highest BCUT2D eigenvalue weighted by molar-refractivity contribution is 8.01. The zero-order valence-corrected chi connectivity index (χ0v) is 16.6. The van der Waals surface area contributed by atoms with Crippen molar-refractivity contribution in [1.82, 2.24) is 0 Å². The highest BCUT2D eigenvalue weighted by atomic mass is 32.2. The van der Waals surface area contributed by atoms with Gasteiger partial charge in [0.25, 0.3) is 0 Å². The van der Waals surface area contributed by atoms with Gasteiger partial charge < -0.3 is 5.32 Å². The Labute approximate surface area is 160 Å². The Morgan fingerprint density at radius 3 is 2.08 bits per heavy atom. The highest BCUT2D eigenvalue weighted by Gasteiger charge is 2.51. The fourth-order valence-electron chi connectivity index (χ4n) is 5.54. The first-order valence-corrected chi connectivity index (χ1v) is 11.0. The molecule has 0 spiro atoms. The number of hydrogen-bond donors (Lipinski definition) is 1. The molecule has 1 aromatic rings. The number of amides is 1. The monoisotopic (exact) mass is 371 g/mol. The largest absolute Gasteiger partial charge is 0.326 e. The molecule has 4 aliphatic rings. The molecular formula is C22H29NO2S. The van der Waals surface area contributed by atoms with Gasteiger partial charge in [-0.15, -0.1) is 11.8 Å². The number of thioether (sulfide) groups is 1. The lowest BCUT2D eigenvalue weighted by Crippen LogP contribution is -2.48. The van der Waals surface area contributed by atoms with Gasteiger partial charge in [-0.1, -0.05) is 13.8 Å². The predicted octanol–water partition coefficient (Wildman–Crippen LogP) is 5.17. The molecule has 1 aromatic carbocycles. The summed E-state index contributed by atoms with van der Waals surface area (Å²) in [6, 6.07) is 7.36. The molecule has 4 aliphatic carbocycles. The molecule has 0 unspecified atom stereocenters. The van der Waals surface area contributed by atoms with Crippen LogP contribution in [-0.2, 0) is 4.79 Å². The average molecular weight is 372 g/mol. The number of hydrogen-bond acceptors (Lipinski definition) is 3. The van der Waals surface area contributed by atoms with Crippen molar-refractivity contribution in [3.8, 4) is 0 Å². The van der Waals surface area contributed by atoms with Crippen LogP contribution in [0.3, 0.4) is 0 Å². The molecular weight excluding hydrogens is 342 g/mol. The summed E-state index contributed by atoms with van der Waals surface area (Å²) in [4.78, 5) is 24.4. The minimum Gasteiger partial charge on any atom is -0.326 e. The second kappa shape index (κ2) is 7.03. The predicted molar refractivity (Wildman–Crippen MR) is 108 cm³/mol. The minimum atomic E-state index is -0.0482. The van der Waals surface area contributed by atoms with E-state index in [4.69, 9.17) is 0 Å². The number of anilines is 1. The number of Topliss-reactive ketones (excluding diaryl/α,β-unsaturated/α-hetero) is 1. The number of carbonyl (C=O) groups is 2. The van der Waals surface area contributed by atoms with E-state index in [9.17, 15) is 9.59 Å². The molecule has 0 atom stereocenters. The van der Waals surface area contributed by atoms with Crippen LogP contribution >= 0.6 is 11.8 Å². The van der Waals surface area contributed by atoms with Gasteiger partial charge in [0, 0.05) is 21.9 Å². The van der Waals surface area contributed by atoms with Crippen LogP contribution in [0.1, 0.15) is 62.7 Å². The molecule has 0 aromatic heterocycles. The van der Waals surface area contributed by atoms with Crippen molar-refractivity contribution in [3.05, 3.63) is 29.8 Å². The Balaban J connectivity index is 1.34. The van der Waals surface area contributed by atoms with Gasteiger partial charge in [0.15, 0.2) is 5.78 Å². The van der Waals surface area contributed by atoms with Gasteiger partial charge in [0.1, 0.15) is 0 Å². The maximum absolute atomic E-state index is 12.7. The van der Waals surface area contributed by atoms with E-state index >= 15 is 0 Å². The van der Waals surface area contributed by atoms with Crippen molar-refractivity contribution in [2.75, 3.05) is 11.1 Å². The van der Waals surface area contributed by atoms with Crippen LogP contribution in [0.2, 0.25) is 0 Å². The number of ketones is 1. The zero-order chi connectivity index (χ0) is 18.3. The molecule has 26 heavy (non-hydrogen) atoms. The second-order valence-electron chi connectivity index (χ2n) is 9.03. The van der Waals surface area contributed by atoms with E-state index in [1.54, 1.807) is 0 Å². The lowest BCUT2D eigenvalue weighted by atomic mass is 9.56. The lowest BCUT2D eigenvalue weighted by Gasteiger charge is -2.56. The van der Waals surface area contributed by atoms with E-state index in [1.165, 1.54) is 38.5 Å². The summed E-state index contributed by atoms with van der Waals surface area (Å²) in [5.41, 5.74) is 1.51. The summed E-state index contributed by atoms with van der Waals surface area (Å²) < 4.78 is 0.385. The van der Waals surface area contributed by atoms with Gasteiger partial charge in [-0.3, -0.25) is 9.59 Å². The molecule has 0 radical (unpaired) electrons. The number of benzene rings is 1. The molecule has 140 valence electrons. The second-order valence-corrected chi connectivity index (χ2v) is 10.5. The summed E-state index contributed by atoms with van der Waals surface area (Å²) in [5.74, 6) is 3.53. The Morgan fingerprint density at radius 2 is 1.58 bits per heavy atom. The van der Waals surface area contributed by atoms with Crippen molar-refractivity contribution in [3.63, 3.8) is 0 Å². The molecule has 0 saturated heterocycles. The van der Waals surface area contributed by atoms with Crippen LogP contribution < -0.4 is 5.32 Å². The van der Waals surface area contributed by atoms with Crippen molar-refractivity contribution < 1.29 is 9.59 Å². The summed E-state index contributed by atoms with van der Waals surface area (Å²) in [6.07, 6.45) is 8.32. The van der Waals surface area contributed by atoms with E-state index in [1.807, 2.05) is 49.9 Å². The standard InChI is InChI=1S/C22H29NO2S/c1-14(2)21(25)23-19-5-3-18(4-6-19)20(24)13-26-22-10-15-7-16(11-22)9-17(8-15)12-22/h3-6,14-17H,7-13H2,1-2H3,(H,23,25). The number of carbonyl (C=O) groups excluding carboxylic acids is 2. The minimum absolute atomic E-state index is 0.00134.